The second kappa shape index (κ2) is 7.38. The van der Waals surface area contributed by atoms with Crippen LogP contribution in [0.1, 0.15) is 11.3 Å². The van der Waals surface area contributed by atoms with Gasteiger partial charge < -0.3 is 20.8 Å². The Hall–Kier alpha value is -3.16. The predicted octanol–water partition coefficient (Wildman–Crippen LogP) is 3.67. The smallest absolute Gasteiger partial charge is 0.406 e. The summed E-state index contributed by atoms with van der Waals surface area (Å²) >= 11 is 0. The fraction of sp³-hybridized carbons (Fsp3) is 0.167. The fourth-order valence-corrected chi connectivity index (χ4v) is 2.44. The molecule has 0 radical (unpaired) electrons. The molecule has 3 aromatic rings. The number of alkyl halides is 3. The Morgan fingerprint density at radius 1 is 1.12 bits per heavy atom. The van der Waals surface area contributed by atoms with E-state index in [1.165, 1.54) is 24.3 Å². The number of H-pyrrole nitrogens is 1. The van der Waals surface area contributed by atoms with Crippen molar-refractivity contribution >= 4 is 16.9 Å². The van der Waals surface area contributed by atoms with Crippen LogP contribution in [0.4, 0.5) is 13.2 Å². The Morgan fingerprint density at radius 2 is 1.85 bits per heavy atom. The first-order chi connectivity index (χ1) is 12.4. The van der Waals surface area contributed by atoms with Crippen molar-refractivity contribution in [3.8, 4) is 5.75 Å². The van der Waals surface area contributed by atoms with Crippen LogP contribution in [-0.2, 0) is 13.1 Å². The Kier molecular flexibility index (Phi) is 5.01. The van der Waals surface area contributed by atoms with Gasteiger partial charge >= 0.3 is 6.36 Å². The molecule has 0 spiro atoms. The van der Waals surface area contributed by atoms with Crippen molar-refractivity contribution in [2.45, 2.75) is 19.5 Å². The number of aromatic amines is 1. The van der Waals surface area contributed by atoms with E-state index in [1.54, 1.807) is 0 Å². The van der Waals surface area contributed by atoms with Gasteiger partial charge in [0.2, 0.25) is 0 Å². The van der Waals surface area contributed by atoms with Crippen molar-refractivity contribution in [1.82, 2.24) is 10.3 Å². The number of aliphatic imine (C=N–C) groups is 1. The summed E-state index contributed by atoms with van der Waals surface area (Å²) in [6.45, 7) is 0.736. The van der Waals surface area contributed by atoms with E-state index in [4.69, 9.17) is 5.73 Å². The summed E-state index contributed by atoms with van der Waals surface area (Å²) in [5.74, 6) is -0.0191. The van der Waals surface area contributed by atoms with Crippen LogP contribution in [0.5, 0.6) is 5.75 Å². The standard InChI is InChI=1S/C18H17F3N4O/c19-18(20,21)26-15-7-5-12(6-8-15)10-23-17(22)24-11-14-9-13-3-1-2-4-16(13)25-14/h1-9,25H,10-11H2,(H3,22,23,24). The van der Waals surface area contributed by atoms with Crippen LogP contribution in [0.15, 0.2) is 59.6 Å². The molecule has 136 valence electrons. The van der Waals surface area contributed by atoms with Crippen LogP contribution in [0, 0.1) is 0 Å². The summed E-state index contributed by atoms with van der Waals surface area (Å²) in [5, 5.41) is 4.11. The van der Waals surface area contributed by atoms with Crippen molar-refractivity contribution in [3.05, 3.63) is 65.9 Å². The van der Waals surface area contributed by atoms with Crippen molar-refractivity contribution < 1.29 is 17.9 Å². The molecule has 0 aliphatic carbocycles. The number of benzene rings is 2. The first kappa shape index (κ1) is 17.7. The van der Waals surface area contributed by atoms with E-state index in [0.29, 0.717) is 6.54 Å². The van der Waals surface area contributed by atoms with Gasteiger partial charge in [-0.2, -0.15) is 0 Å². The quantitative estimate of drug-likeness (QED) is 0.479. The van der Waals surface area contributed by atoms with E-state index in [0.717, 1.165) is 22.2 Å². The number of rotatable bonds is 5. The van der Waals surface area contributed by atoms with Gasteiger partial charge in [0.15, 0.2) is 5.96 Å². The summed E-state index contributed by atoms with van der Waals surface area (Å²) in [5.41, 5.74) is 8.56. The lowest BCUT2D eigenvalue weighted by Crippen LogP contribution is -2.31. The molecule has 0 amide bonds. The van der Waals surface area contributed by atoms with E-state index >= 15 is 0 Å². The average Bonchev–Trinajstić information content (AvgIpc) is 3.01. The molecular weight excluding hydrogens is 345 g/mol. The predicted molar refractivity (Wildman–Crippen MR) is 93.6 cm³/mol. The first-order valence-corrected chi connectivity index (χ1v) is 7.84. The normalized spacial score (nSPS) is 12.3. The van der Waals surface area contributed by atoms with E-state index in [2.05, 4.69) is 20.0 Å². The van der Waals surface area contributed by atoms with Gasteiger partial charge in [0.05, 0.1) is 13.1 Å². The molecule has 0 unspecified atom stereocenters. The number of hydrogen-bond acceptors (Lipinski definition) is 2. The minimum absolute atomic E-state index is 0.248. The number of halogens is 3. The number of aromatic nitrogens is 1. The Balaban J connectivity index is 1.53. The zero-order chi connectivity index (χ0) is 18.6. The molecule has 2 aromatic carbocycles. The molecule has 3 rings (SSSR count). The molecule has 0 bridgehead atoms. The second-order valence-corrected chi connectivity index (χ2v) is 5.63. The van der Waals surface area contributed by atoms with Crippen LogP contribution in [-0.4, -0.2) is 17.3 Å². The third kappa shape index (κ3) is 4.92. The molecule has 1 heterocycles. The van der Waals surface area contributed by atoms with Gasteiger partial charge in [-0.25, -0.2) is 4.99 Å². The van der Waals surface area contributed by atoms with E-state index in [1.807, 2.05) is 30.3 Å². The lowest BCUT2D eigenvalue weighted by atomic mass is 10.2. The SMILES string of the molecule is NC(=NCc1ccc(OC(F)(F)F)cc1)NCc1cc2ccccc2[nH]1. The summed E-state index contributed by atoms with van der Waals surface area (Å²) < 4.78 is 40.2. The van der Waals surface area contributed by atoms with Gasteiger partial charge in [0, 0.05) is 11.2 Å². The minimum atomic E-state index is -4.70. The highest BCUT2D eigenvalue weighted by atomic mass is 19.4. The molecule has 0 atom stereocenters. The van der Waals surface area contributed by atoms with Crippen molar-refractivity contribution in [1.29, 1.82) is 0 Å². The van der Waals surface area contributed by atoms with Crippen LogP contribution in [0.2, 0.25) is 0 Å². The van der Waals surface area contributed by atoms with Crippen molar-refractivity contribution in [2.75, 3.05) is 0 Å². The topological polar surface area (TPSA) is 75.4 Å². The maximum Gasteiger partial charge on any atom is 0.573 e. The summed E-state index contributed by atoms with van der Waals surface area (Å²) in [7, 11) is 0. The summed E-state index contributed by atoms with van der Waals surface area (Å²) in [4.78, 5) is 7.44. The third-order valence-corrected chi connectivity index (χ3v) is 3.63. The highest BCUT2D eigenvalue weighted by Gasteiger charge is 2.30. The van der Waals surface area contributed by atoms with Gasteiger partial charge in [-0.15, -0.1) is 13.2 Å². The van der Waals surface area contributed by atoms with Crippen LogP contribution < -0.4 is 15.8 Å². The number of nitrogens with two attached hydrogens (primary N) is 1. The zero-order valence-corrected chi connectivity index (χ0v) is 13.7. The lowest BCUT2D eigenvalue weighted by Gasteiger charge is -2.09. The third-order valence-electron chi connectivity index (χ3n) is 3.63. The maximum absolute atomic E-state index is 12.1. The zero-order valence-electron chi connectivity index (χ0n) is 13.7. The van der Waals surface area contributed by atoms with Crippen molar-refractivity contribution in [3.63, 3.8) is 0 Å². The highest BCUT2D eigenvalue weighted by Crippen LogP contribution is 2.22. The second-order valence-electron chi connectivity index (χ2n) is 5.63. The van der Waals surface area contributed by atoms with Crippen LogP contribution in [0.3, 0.4) is 0 Å². The number of ether oxygens (including phenoxy) is 1. The maximum atomic E-state index is 12.1. The highest BCUT2D eigenvalue weighted by molar-refractivity contribution is 5.81. The molecule has 26 heavy (non-hydrogen) atoms. The summed E-state index contributed by atoms with van der Waals surface area (Å²) in [6.07, 6.45) is -4.70. The number of guanidine groups is 1. The lowest BCUT2D eigenvalue weighted by molar-refractivity contribution is -0.274. The van der Waals surface area contributed by atoms with Gasteiger partial charge in [0.25, 0.3) is 0 Å². The molecule has 0 saturated heterocycles. The van der Waals surface area contributed by atoms with E-state index in [9.17, 15) is 13.2 Å². The van der Waals surface area contributed by atoms with Crippen LogP contribution >= 0.6 is 0 Å². The Morgan fingerprint density at radius 3 is 2.54 bits per heavy atom. The first-order valence-electron chi connectivity index (χ1n) is 7.84. The Labute approximate surface area is 147 Å². The number of nitrogens with one attached hydrogen (secondary N) is 2. The average molecular weight is 362 g/mol. The van der Waals surface area contributed by atoms with E-state index < -0.39 is 6.36 Å². The summed E-state index contributed by atoms with van der Waals surface area (Å²) in [6, 6.07) is 15.4. The molecule has 0 fully saturated rings. The van der Waals surface area contributed by atoms with Crippen molar-refractivity contribution in [2.24, 2.45) is 10.7 Å². The number of para-hydroxylation sites is 1. The monoisotopic (exact) mass is 362 g/mol. The molecular formula is C18H17F3N4O. The van der Waals surface area contributed by atoms with Gasteiger partial charge in [0.1, 0.15) is 5.75 Å². The molecule has 0 aliphatic heterocycles. The van der Waals surface area contributed by atoms with E-state index in [-0.39, 0.29) is 18.3 Å². The fourth-order valence-electron chi connectivity index (χ4n) is 2.44. The molecule has 8 heteroatoms. The van der Waals surface area contributed by atoms with Gasteiger partial charge in [-0.05, 0) is 35.2 Å². The molecule has 0 saturated carbocycles. The molecule has 0 aliphatic rings. The molecule has 1 aromatic heterocycles. The Bertz CT molecular complexity index is 868. The van der Waals surface area contributed by atoms with Gasteiger partial charge in [-0.3, -0.25) is 0 Å². The van der Waals surface area contributed by atoms with Crippen LogP contribution in [0.25, 0.3) is 10.9 Å². The van der Waals surface area contributed by atoms with Gasteiger partial charge in [-0.1, -0.05) is 30.3 Å². The molecule has 4 N–H and O–H groups in total. The number of nitrogens with zero attached hydrogens (tertiary/aromatic N) is 1. The minimum Gasteiger partial charge on any atom is -0.406 e. The number of fused-ring (bicyclic) bond motifs is 1. The molecule has 5 nitrogen and oxygen atoms in total. The number of hydrogen-bond donors (Lipinski definition) is 3. The largest absolute Gasteiger partial charge is 0.573 e.